The van der Waals surface area contributed by atoms with Crippen LogP contribution in [0.2, 0.25) is 5.02 Å². The van der Waals surface area contributed by atoms with E-state index >= 15 is 0 Å². The van der Waals surface area contributed by atoms with Crippen molar-refractivity contribution >= 4 is 45.1 Å². The number of esters is 1. The average molecular weight is 443 g/mol. The van der Waals surface area contributed by atoms with Crippen molar-refractivity contribution in [2.45, 2.75) is 26.7 Å². The number of hydrogen-bond acceptors (Lipinski definition) is 6. The highest BCUT2D eigenvalue weighted by Crippen LogP contribution is 2.35. The number of sulfonamides is 1. The Morgan fingerprint density at radius 2 is 1.90 bits per heavy atom. The number of amides is 2. The van der Waals surface area contributed by atoms with Crippen LogP contribution in [0.3, 0.4) is 0 Å². The van der Waals surface area contributed by atoms with Crippen molar-refractivity contribution in [1.29, 1.82) is 0 Å². The molecule has 1 aromatic carbocycles. The zero-order chi connectivity index (χ0) is 21.3. The molecule has 0 aliphatic carbocycles. The highest BCUT2D eigenvalue weighted by molar-refractivity contribution is 7.94. The maximum Gasteiger partial charge on any atom is 0.309 e. The van der Waals surface area contributed by atoms with Crippen LogP contribution in [0.5, 0.6) is 0 Å². The molecule has 2 fully saturated rings. The molecule has 158 valence electrons. The van der Waals surface area contributed by atoms with Crippen LogP contribution in [0.25, 0.3) is 0 Å². The number of halogens is 1. The Morgan fingerprint density at radius 1 is 1.24 bits per heavy atom. The molecule has 0 N–H and O–H groups in total. The van der Waals surface area contributed by atoms with Gasteiger partial charge < -0.3 is 9.64 Å². The molecule has 2 aliphatic heterocycles. The minimum absolute atomic E-state index is 0.00623. The summed E-state index contributed by atoms with van der Waals surface area (Å²) in [7, 11) is -3.83. The fraction of sp³-hybridized carbons (Fsp3) is 0.526. The second-order valence-electron chi connectivity index (χ2n) is 7.27. The van der Waals surface area contributed by atoms with E-state index in [9.17, 15) is 22.8 Å². The first-order chi connectivity index (χ1) is 13.7. The predicted octanol–water partition coefficient (Wildman–Crippen LogP) is 2.07. The molecular weight excluding hydrogens is 420 g/mol. The van der Waals surface area contributed by atoms with Crippen molar-refractivity contribution in [1.82, 2.24) is 4.90 Å². The lowest BCUT2D eigenvalue weighted by Crippen LogP contribution is -2.40. The van der Waals surface area contributed by atoms with Crippen LogP contribution < -0.4 is 4.31 Å². The number of ether oxygens (including phenoxy) is 1. The molecule has 0 aromatic heterocycles. The Hall–Kier alpha value is -2.13. The van der Waals surface area contributed by atoms with Crippen molar-refractivity contribution in [2.75, 3.05) is 29.8 Å². The second-order valence-corrected chi connectivity index (χ2v) is 9.54. The molecule has 1 aromatic rings. The number of benzene rings is 1. The molecule has 8 nitrogen and oxygen atoms in total. The SMILES string of the molecule is CCOC(=O)C1CCN(C(=O)c2ccc(Cl)c(N3C(=O)C(C)CS3(=O)=O)c2)CC1. The van der Waals surface area contributed by atoms with Crippen molar-refractivity contribution in [3.05, 3.63) is 28.8 Å². The van der Waals surface area contributed by atoms with Gasteiger partial charge in [-0.05, 0) is 38.0 Å². The van der Waals surface area contributed by atoms with E-state index in [4.69, 9.17) is 16.3 Å². The van der Waals surface area contributed by atoms with Gasteiger partial charge in [-0.3, -0.25) is 14.4 Å². The third-order valence-corrected chi connectivity index (χ3v) is 7.35. The summed E-state index contributed by atoms with van der Waals surface area (Å²) in [5.41, 5.74) is 0.231. The number of hydrogen-bond donors (Lipinski definition) is 0. The van der Waals surface area contributed by atoms with E-state index in [2.05, 4.69) is 0 Å². The Labute approximate surface area is 174 Å². The number of rotatable bonds is 4. The molecule has 3 rings (SSSR count). The smallest absolute Gasteiger partial charge is 0.309 e. The van der Waals surface area contributed by atoms with Gasteiger partial charge in [0.15, 0.2) is 0 Å². The monoisotopic (exact) mass is 442 g/mol. The molecule has 0 spiro atoms. The van der Waals surface area contributed by atoms with E-state index in [1.807, 2.05) is 0 Å². The van der Waals surface area contributed by atoms with Gasteiger partial charge in [-0.25, -0.2) is 12.7 Å². The first-order valence-corrected chi connectivity index (χ1v) is 11.5. The number of carbonyl (C=O) groups is 3. The molecular formula is C19H23ClN2O6S. The number of nitrogens with zero attached hydrogens (tertiary/aromatic N) is 2. The maximum absolute atomic E-state index is 12.9. The Morgan fingerprint density at radius 3 is 2.45 bits per heavy atom. The molecule has 2 amide bonds. The number of likely N-dealkylation sites (tertiary alicyclic amines) is 1. The van der Waals surface area contributed by atoms with Gasteiger partial charge in [-0.1, -0.05) is 18.5 Å². The molecule has 0 bridgehead atoms. The van der Waals surface area contributed by atoms with Crippen LogP contribution in [-0.4, -0.2) is 56.6 Å². The zero-order valence-corrected chi connectivity index (χ0v) is 17.8. The first kappa shape index (κ1) is 21.6. The molecule has 2 saturated heterocycles. The van der Waals surface area contributed by atoms with Crippen molar-refractivity contribution in [3.63, 3.8) is 0 Å². The molecule has 29 heavy (non-hydrogen) atoms. The van der Waals surface area contributed by atoms with Gasteiger partial charge in [0.25, 0.3) is 5.91 Å². The van der Waals surface area contributed by atoms with Gasteiger partial charge in [-0.2, -0.15) is 0 Å². The molecule has 1 atom stereocenters. The van der Waals surface area contributed by atoms with E-state index < -0.39 is 21.8 Å². The van der Waals surface area contributed by atoms with Crippen molar-refractivity contribution in [3.8, 4) is 0 Å². The normalized spacial score (nSPS) is 22.0. The number of piperidine rings is 1. The van der Waals surface area contributed by atoms with Gasteiger partial charge in [0, 0.05) is 18.7 Å². The Balaban J connectivity index is 1.79. The largest absolute Gasteiger partial charge is 0.466 e. The summed E-state index contributed by atoms with van der Waals surface area (Å²) >= 11 is 6.16. The van der Waals surface area contributed by atoms with Gasteiger partial charge in [0.05, 0.1) is 34.9 Å². The lowest BCUT2D eigenvalue weighted by Gasteiger charge is -2.31. The summed E-state index contributed by atoms with van der Waals surface area (Å²) in [4.78, 5) is 38.7. The van der Waals surface area contributed by atoms with Crippen LogP contribution in [0.15, 0.2) is 18.2 Å². The van der Waals surface area contributed by atoms with E-state index in [0.717, 1.165) is 0 Å². The molecule has 2 heterocycles. The zero-order valence-electron chi connectivity index (χ0n) is 16.3. The summed E-state index contributed by atoms with van der Waals surface area (Å²) in [6.07, 6.45) is 1.00. The first-order valence-electron chi connectivity index (χ1n) is 9.48. The standard InChI is InChI=1S/C19H23ClN2O6S/c1-3-28-19(25)13-6-8-21(9-7-13)18(24)14-4-5-15(20)16(10-14)22-17(23)12(2)11-29(22,26)27/h4-5,10,12-13H,3,6-9,11H2,1-2H3. The van der Waals surface area contributed by atoms with Crippen LogP contribution in [-0.2, 0) is 24.3 Å². The fourth-order valence-electron chi connectivity index (χ4n) is 3.63. The van der Waals surface area contributed by atoms with Crippen molar-refractivity contribution in [2.24, 2.45) is 11.8 Å². The molecule has 1 unspecified atom stereocenters. The topological polar surface area (TPSA) is 101 Å². The van der Waals surface area contributed by atoms with Crippen LogP contribution >= 0.6 is 11.6 Å². The van der Waals surface area contributed by atoms with E-state index in [1.54, 1.807) is 11.8 Å². The summed E-state index contributed by atoms with van der Waals surface area (Å²) in [6.45, 7) is 4.38. The minimum atomic E-state index is -3.83. The molecule has 0 saturated carbocycles. The Bertz CT molecular complexity index is 940. The van der Waals surface area contributed by atoms with Gasteiger partial charge in [-0.15, -0.1) is 0 Å². The van der Waals surface area contributed by atoms with E-state index in [1.165, 1.54) is 25.1 Å². The summed E-state index contributed by atoms with van der Waals surface area (Å²) in [6, 6.07) is 4.26. The lowest BCUT2D eigenvalue weighted by atomic mass is 9.96. The number of carbonyl (C=O) groups excluding carboxylic acids is 3. The van der Waals surface area contributed by atoms with Gasteiger partial charge in [0.1, 0.15) is 0 Å². The summed E-state index contributed by atoms with van der Waals surface area (Å²) < 4.78 is 30.5. The van der Waals surface area contributed by atoms with Crippen LogP contribution in [0, 0.1) is 11.8 Å². The van der Waals surface area contributed by atoms with Gasteiger partial charge in [0.2, 0.25) is 15.9 Å². The third-order valence-electron chi connectivity index (χ3n) is 5.17. The highest BCUT2D eigenvalue weighted by Gasteiger charge is 2.43. The second kappa shape index (κ2) is 8.31. The van der Waals surface area contributed by atoms with Crippen LogP contribution in [0.1, 0.15) is 37.0 Å². The number of anilines is 1. The predicted molar refractivity (Wildman–Crippen MR) is 107 cm³/mol. The molecule has 0 radical (unpaired) electrons. The van der Waals surface area contributed by atoms with Crippen molar-refractivity contribution < 1.29 is 27.5 Å². The Kier molecular flexibility index (Phi) is 6.19. The summed E-state index contributed by atoms with van der Waals surface area (Å²) in [5, 5.41) is 0.0774. The minimum Gasteiger partial charge on any atom is -0.466 e. The molecule has 2 aliphatic rings. The van der Waals surface area contributed by atoms with Gasteiger partial charge >= 0.3 is 5.97 Å². The molecule has 10 heteroatoms. The van der Waals surface area contributed by atoms with E-state index in [0.29, 0.717) is 36.8 Å². The fourth-order valence-corrected chi connectivity index (χ4v) is 5.71. The lowest BCUT2D eigenvalue weighted by molar-refractivity contribution is -0.149. The summed E-state index contributed by atoms with van der Waals surface area (Å²) in [5.74, 6) is -2.30. The third kappa shape index (κ3) is 4.25. The van der Waals surface area contributed by atoms with E-state index in [-0.39, 0.29) is 39.8 Å². The average Bonchev–Trinajstić information content (AvgIpc) is 2.89. The van der Waals surface area contributed by atoms with Crippen LogP contribution in [0.4, 0.5) is 5.69 Å². The highest BCUT2D eigenvalue weighted by atomic mass is 35.5. The quantitative estimate of drug-likeness (QED) is 0.661. The maximum atomic E-state index is 12.9.